The second-order valence-corrected chi connectivity index (χ2v) is 4.51. The molecule has 1 aromatic heterocycles. The van der Waals surface area contributed by atoms with Gasteiger partial charge in [0, 0.05) is 10.9 Å². The Morgan fingerprint density at radius 3 is 2.84 bits per heavy atom. The van der Waals surface area contributed by atoms with Crippen LogP contribution in [-0.4, -0.2) is 18.3 Å². The topological polar surface area (TPSA) is 46.5 Å². The molecular formula is C12H11F2N3OS. The van der Waals surface area contributed by atoms with Crippen LogP contribution in [0.4, 0.5) is 13.9 Å². The lowest BCUT2D eigenvalue weighted by Gasteiger charge is -2.04. The van der Waals surface area contributed by atoms with Gasteiger partial charge in [-0.3, -0.25) is 5.43 Å². The van der Waals surface area contributed by atoms with E-state index in [0.29, 0.717) is 5.13 Å². The standard InChI is InChI=1S/C12H11F2N3OS/c1-7-6-19-12(16-7)17-15-5-8-3-4-9(13)11(18-2)10(8)14/h3-6H,1-2H3,(H,16,17). The number of anilines is 1. The molecule has 4 nitrogen and oxygen atoms in total. The quantitative estimate of drug-likeness (QED) is 0.692. The van der Waals surface area contributed by atoms with Crippen LogP contribution in [0.1, 0.15) is 11.3 Å². The van der Waals surface area contributed by atoms with Gasteiger partial charge in [-0.15, -0.1) is 11.3 Å². The molecule has 2 aromatic rings. The lowest BCUT2D eigenvalue weighted by molar-refractivity contribution is 0.359. The molecule has 0 aliphatic carbocycles. The van der Waals surface area contributed by atoms with E-state index in [4.69, 9.17) is 0 Å². The van der Waals surface area contributed by atoms with Crippen molar-refractivity contribution in [2.24, 2.45) is 5.10 Å². The van der Waals surface area contributed by atoms with Gasteiger partial charge in [-0.2, -0.15) is 5.10 Å². The maximum Gasteiger partial charge on any atom is 0.203 e. The second kappa shape index (κ2) is 5.75. The average molecular weight is 283 g/mol. The predicted octanol–water partition coefficient (Wildman–Crippen LogP) is 3.18. The highest BCUT2D eigenvalue weighted by atomic mass is 32.1. The number of nitrogens with zero attached hydrogens (tertiary/aromatic N) is 2. The van der Waals surface area contributed by atoms with Gasteiger partial charge in [-0.25, -0.2) is 13.8 Å². The molecule has 0 fully saturated rings. The molecule has 1 heterocycles. The van der Waals surface area contributed by atoms with Crippen molar-refractivity contribution in [3.05, 3.63) is 40.4 Å². The van der Waals surface area contributed by atoms with Crippen molar-refractivity contribution in [1.82, 2.24) is 4.98 Å². The van der Waals surface area contributed by atoms with E-state index >= 15 is 0 Å². The summed E-state index contributed by atoms with van der Waals surface area (Å²) in [7, 11) is 1.21. The predicted molar refractivity (Wildman–Crippen MR) is 71.0 cm³/mol. The summed E-state index contributed by atoms with van der Waals surface area (Å²) in [6.45, 7) is 1.86. The minimum Gasteiger partial charge on any atom is -0.491 e. The Kier molecular flexibility index (Phi) is 4.06. The number of nitrogens with one attached hydrogen (secondary N) is 1. The second-order valence-electron chi connectivity index (χ2n) is 3.65. The van der Waals surface area contributed by atoms with E-state index in [1.165, 1.54) is 30.7 Å². The molecule has 0 radical (unpaired) electrons. The Hall–Kier alpha value is -2.02. The van der Waals surface area contributed by atoms with E-state index in [2.05, 4.69) is 20.2 Å². The molecule has 1 N–H and O–H groups in total. The number of hydrazone groups is 1. The number of ether oxygens (including phenoxy) is 1. The van der Waals surface area contributed by atoms with Crippen LogP contribution in [0, 0.1) is 18.6 Å². The smallest absolute Gasteiger partial charge is 0.203 e. The van der Waals surface area contributed by atoms with Gasteiger partial charge in [0.15, 0.2) is 17.4 Å². The highest BCUT2D eigenvalue weighted by Crippen LogP contribution is 2.23. The number of halogens is 2. The number of methoxy groups -OCH3 is 1. The Labute approximate surface area is 112 Å². The van der Waals surface area contributed by atoms with Crippen LogP contribution < -0.4 is 10.2 Å². The van der Waals surface area contributed by atoms with Crippen molar-refractivity contribution in [2.75, 3.05) is 12.5 Å². The number of benzene rings is 1. The van der Waals surface area contributed by atoms with Crippen LogP contribution in [0.5, 0.6) is 5.75 Å². The molecule has 0 spiro atoms. The summed E-state index contributed by atoms with van der Waals surface area (Å²) in [6.07, 6.45) is 1.24. The Morgan fingerprint density at radius 1 is 1.42 bits per heavy atom. The van der Waals surface area contributed by atoms with Crippen LogP contribution in [0.15, 0.2) is 22.6 Å². The molecule has 0 saturated carbocycles. The SMILES string of the molecule is COc1c(F)ccc(C=NNc2nc(C)cs2)c1F. The van der Waals surface area contributed by atoms with Gasteiger partial charge in [0.25, 0.3) is 0 Å². The number of aryl methyl sites for hydroxylation is 1. The molecule has 7 heteroatoms. The molecule has 0 unspecified atom stereocenters. The van der Waals surface area contributed by atoms with Crippen LogP contribution in [-0.2, 0) is 0 Å². The molecule has 1 aromatic carbocycles. The van der Waals surface area contributed by atoms with Gasteiger partial charge in [0.05, 0.1) is 19.0 Å². The lowest BCUT2D eigenvalue weighted by Crippen LogP contribution is -1.98. The van der Waals surface area contributed by atoms with Gasteiger partial charge in [-0.1, -0.05) is 0 Å². The summed E-state index contributed by atoms with van der Waals surface area (Å²) < 4.78 is 31.6. The normalized spacial score (nSPS) is 10.9. The largest absolute Gasteiger partial charge is 0.491 e. The summed E-state index contributed by atoms with van der Waals surface area (Å²) in [5.41, 5.74) is 3.67. The van der Waals surface area contributed by atoms with Crippen molar-refractivity contribution < 1.29 is 13.5 Å². The Balaban J connectivity index is 2.15. The fraction of sp³-hybridized carbons (Fsp3) is 0.167. The zero-order valence-electron chi connectivity index (χ0n) is 10.3. The minimum atomic E-state index is -0.789. The van der Waals surface area contributed by atoms with E-state index in [9.17, 15) is 8.78 Å². The van der Waals surface area contributed by atoms with E-state index in [1.54, 1.807) is 0 Å². The van der Waals surface area contributed by atoms with E-state index < -0.39 is 17.4 Å². The fourth-order valence-electron chi connectivity index (χ4n) is 1.40. The maximum absolute atomic E-state index is 13.8. The first-order valence-corrected chi connectivity index (χ1v) is 6.23. The van der Waals surface area contributed by atoms with Gasteiger partial charge in [0.2, 0.25) is 5.13 Å². The van der Waals surface area contributed by atoms with Crippen LogP contribution in [0.25, 0.3) is 0 Å². The monoisotopic (exact) mass is 283 g/mol. The summed E-state index contributed by atoms with van der Waals surface area (Å²) in [5.74, 6) is -1.96. The van der Waals surface area contributed by atoms with Gasteiger partial charge < -0.3 is 4.74 Å². The number of rotatable bonds is 4. The molecule has 100 valence electrons. The van der Waals surface area contributed by atoms with Gasteiger partial charge >= 0.3 is 0 Å². The molecule has 0 atom stereocenters. The van der Waals surface area contributed by atoms with Crippen molar-refractivity contribution in [2.45, 2.75) is 6.92 Å². The zero-order valence-corrected chi connectivity index (χ0v) is 11.1. The molecule has 0 saturated heterocycles. The van der Waals surface area contributed by atoms with E-state index in [1.807, 2.05) is 12.3 Å². The molecule has 0 amide bonds. The minimum absolute atomic E-state index is 0.124. The number of thiazole rings is 1. The zero-order chi connectivity index (χ0) is 13.8. The first-order chi connectivity index (χ1) is 9.11. The maximum atomic E-state index is 13.8. The van der Waals surface area contributed by atoms with E-state index in [0.717, 1.165) is 11.8 Å². The Morgan fingerprint density at radius 2 is 2.21 bits per heavy atom. The number of hydrogen-bond donors (Lipinski definition) is 1. The third-order valence-corrected chi connectivity index (χ3v) is 3.13. The number of aromatic nitrogens is 1. The molecule has 19 heavy (non-hydrogen) atoms. The Bertz CT molecular complexity index is 613. The number of hydrogen-bond acceptors (Lipinski definition) is 5. The van der Waals surface area contributed by atoms with Gasteiger partial charge in [-0.05, 0) is 19.1 Å². The highest BCUT2D eigenvalue weighted by molar-refractivity contribution is 7.13. The van der Waals surface area contributed by atoms with Crippen molar-refractivity contribution in [1.29, 1.82) is 0 Å². The van der Waals surface area contributed by atoms with Crippen molar-refractivity contribution in [3.8, 4) is 5.75 Å². The average Bonchev–Trinajstić information content (AvgIpc) is 2.79. The molecule has 2 rings (SSSR count). The molecule has 0 aliphatic heterocycles. The lowest BCUT2D eigenvalue weighted by atomic mass is 10.2. The fourth-order valence-corrected chi connectivity index (χ4v) is 2.03. The molecule has 0 aliphatic rings. The van der Waals surface area contributed by atoms with Crippen LogP contribution in [0.2, 0.25) is 0 Å². The molecule has 0 bridgehead atoms. The summed E-state index contributed by atoms with van der Waals surface area (Å²) in [5, 5.41) is 6.31. The van der Waals surface area contributed by atoms with Crippen LogP contribution in [0.3, 0.4) is 0 Å². The van der Waals surface area contributed by atoms with E-state index in [-0.39, 0.29) is 5.56 Å². The third kappa shape index (κ3) is 3.05. The van der Waals surface area contributed by atoms with Crippen molar-refractivity contribution >= 4 is 22.7 Å². The third-order valence-electron chi connectivity index (χ3n) is 2.27. The highest BCUT2D eigenvalue weighted by Gasteiger charge is 2.12. The van der Waals surface area contributed by atoms with Crippen molar-refractivity contribution in [3.63, 3.8) is 0 Å². The molecular weight excluding hydrogens is 272 g/mol. The summed E-state index contributed by atoms with van der Waals surface area (Å²) in [6, 6.07) is 2.41. The first-order valence-electron chi connectivity index (χ1n) is 5.35. The summed E-state index contributed by atoms with van der Waals surface area (Å²) >= 11 is 1.38. The summed E-state index contributed by atoms with van der Waals surface area (Å²) in [4.78, 5) is 4.13. The first kappa shape index (κ1) is 13.4. The van der Waals surface area contributed by atoms with Crippen LogP contribution >= 0.6 is 11.3 Å². The van der Waals surface area contributed by atoms with Gasteiger partial charge in [0.1, 0.15) is 0 Å².